The molecule has 0 amide bonds. The topological polar surface area (TPSA) is 89.0 Å². The normalized spacial score (nSPS) is 11.5. The van der Waals surface area contributed by atoms with Crippen molar-refractivity contribution in [2.75, 3.05) is 23.8 Å². The molecule has 1 atom stereocenters. The minimum absolute atomic E-state index is 0.288. The number of hydrogen-bond acceptors (Lipinski definition) is 7. The van der Waals surface area contributed by atoms with E-state index in [1.165, 1.54) is 6.42 Å². The van der Waals surface area contributed by atoms with E-state index in [0.29, 0.717) is 42.4 Å². The van der Waals surface area contributed by atoms with Crippen LogP contribution in [0.15, 0.2) is 36.4 Å². The number of nitrogens with one attached hydrogen (secondary N) is 2. The molecule has 1 aromatic heterocycles. The van der Waals surface area contributed by atoms with Crippen molar-refractivity contribution in [1.82, 2.24) is 15.0 Å². The monoisotopic (exact) mass is 455 g/mol. The number of hydrogen-bond donors (Lipinski definition) is 2. The van der Waals surface area contributed by atoms with E-state index in [0.717, 1.165) is 31.4 Å². The molecule has 0 spiro atoms. The average molecular weight is 456 g/mol. The number of aromatic nitrogens is 3. The summed E-state index contributed by atoms with van der Waals surface area (Å²) in [6.45, 7) is 13.4. The Labute approximate surface area is 199 Å². The fourth-order valence-electron chi connectivity index (χ4n) is 3.01. The van der Waals surface area contributed by atoms with Gasteiger partial charge in [-0.2, -0.15) is 15.0 Å². The highest BCUT2D eigenvalue weighted by molar-refractivity contribution is 5.89. The van der Waals surface area contributed by atoms with Crippen LogP contribution < -0.4 is 10.6 Å². The lowest BCUT2D eigenvalue weighted by Gasteiger charge is -2.14. The average Bonchev–Trinajstić information content (AvgIpc) is 2.83. The van der Waals surface area contributed by atoms with Gasteiger partial charge in [0.1, 0.15) is 5.82 Å². The van der Waals surface area contributed by atoms with Gasteiger partial charge in [0.2, 0.25) is 11.9 Å². The lowest BCUT2D eigenvalue weighted by molar-refractivity contribution is 0.0428. The van der Waals surface area contributed by atoms with E-state index in [4.69, 9.17) is 4.74 Å². The third-order valence-corrected chi connectivity index (χ3v) is 4.90. The van der Waals surface area contributed by atoms with E-state index in [1.54, 1.807) is 12.1 Å². The zero-order valence-corrected chi connectivity index (χ0v) is 21.1. The van der Waals surface area contributed by atoms with Crippen LogP contribution in [0.2, 0.25) is 0 Å². The van der Waals surface area contributed by atoms with Gasteiger partial charge in [0.25, 0.3) is 0 Å². The van der Waals surface area contributed by atoms with Crippen LogP contribution in [0.1, 0.15) is 82.9 Å². The van der Waals surface area contributed by atoms with Gasteiger partial charge in [-0.15, -0.1) is 0 Å². The first-order valence-electron chi connectivity index (χ1n) is 12.2. The second-order valence-electron chi connectivity index (χ2n) is 7.51. The molecule has 2 rings (SSSR count). The Morgan fingerprint density at radius 1 is 1.03 bits per heavy atom. The van der Waals surface area contributed by atoms with Crippen molar-refractivity contribution in [2.24, 2.45) is 5.92 Å². The van der Waals surface area contributed by atoms with Crippen molar-refractivity contribution in [3.05, 3.63) is 47.8 Å². The maximum Gasteiger partial charge on any atom is 0.338 e. The summed E-state index contributed by atoms with van der Waals surface area (Å²) in [5, 5.41) is 6.32. The van der Waals surface area contributed by atoms with Crippen molar-refractivity contribution in [3.8, 4) is 0 Å². The van der Waals surface area contributed by atoms with Gasteiger partial charge in [0, 0.05) is 12.2 Å². The molecule has 0 bridgehead atoms. The van der Waals surface area contributed by atoms with Crippen LogP contribution in [-0.2, 0) is 4.74 Å². The number of benzene rings is 1. The Morgan fingerprint density at radius 2 is 1.73 bits per heavy atom. The van der Waals surface area contributed by atoms with Crippen LogP contribution in [0, 0.1) is 12.8 Å². The first-order chi connectivity index (χ1) is 16.0. The van der Waals surface area contributed by atoms with Crippen molar-refractivity contribution < 1.29 is 9.53 Å². The van der Waals surface area contributed by atoms with Crippen molar-refractivity contribution in [2.45, 2.75) is 73.6 Å². The molecule has 7 heteroatoms. The number of aryl methyl sites for hydroxylation is 1. The highest BCUT2D eigenvalue weighted by Crippen LogP contribution is 2.17. The zero-order valence-electron chi connectivity index (χ0n) is 21.1. The Hall–Kier alpha value is -2.96. The van der Waals surface area contributed by atoms with Gasteiger partial charge in [-0.25, -0.2) is 4.79 Å². The Balaban J connectivity index is 0.00000265. The molecule has 0 aliphatic heterocycles. The van der Waals surface area contributed by atoms with Crippen LogP contribution in [0.3, 0.4) is 0 Å². The third-order valence-electron chi connectivity index (χ3n) is 4.90. The number of carbonyl (C=O) groups excluding carboxylic acids is 1. The van der Waals surface area contributed by atoms with Gasteiger partial charge in [0.15, 0.2) is 0 Å². The molecule has 0 aliphatic carbocycles. The Morgan fingerprint density at radius 3 is 2.36 bits per heavy atom. The molecule has 0 saturated heterocycles. The number of ether oxygens (including phenoxy) is 1. The second-order valence-corrected chi connectivity index (χ2v) is 7.51. The van der Waals surface area contributed by atoms with E-state index in [2.05, 4.69) is 52.4 Å². The van der Waals surface area contributed by atoms with Crippen molar-refractivity contribution in [1.29, 1.82) is 0 Å². The largest absolute Gasteiger partial charge is 0.462 e. The van der Waals surface area contributed by atoms with E-state index < -0.39 is 0 Å². The number of anilines is 3. The smallest absolute Gasteiger partial charge is 0.338 e. The molecular formula is C26H41N5O2. The molecule has 1 aromatic carbocycles. The number of esters is 1. The van der Waals surface area contributed by atoms with Crippen LogP contribution >= 0.6 is 0 Å². The van der Waals surface area contributed by atoms with Crippen molar-refractivity contribution in [3.63, 3.8) is 0 Å². The first kappa shape index (κ1) is 28.1. The molecule has 0 radical (unpaired) electrons. The number of unbranched alkanes of at least 4 members (excludes halogenated alkanes) is 1. The number of nitrogens with zero attached hydrogens (tertiary/aromatic N) is 3. The fraction of sp³-hybridized carbons (Fsp3) is 0.538. The van der Waals surface area contributed by atoms with Gasteiger partial charge < -0.3 is 15.4 Å². The SMILES string of the molecule is CC.CC/C=C\CNc1nc(C)nc(Nc2ccc(C(=O)OCC(CC)CCCC)cc2)n1. The van der Waals surface area contributed by atoms with Gasteiger partial charge >= 0.3 is 5.97 Å². The Kier molecular flexibility index (Phi) is 14.2. The number of carbonyl (C=O) groups is 1. The molecule has 2 N–H and O–H groups in total. The van der Waals surface area contributed by atoms with Gasteiger partial charge in [-0.05, 0) is 49.9 Å². The first-order valence-corrected chi connectivity index (χ1v) is 12.2. The lowest BCUT2D eigenvalue weighted by atomic mass is 10.0. The predicted molar refractivity (Wildman–Crippen MR) is 137 cm³/mol. The van der Waals surface area contributed by atoms with E-state index >= 15 is 0 Å². The van der Waals surface area contributed by atoms with Crippen molar-refractivity contribution >= 4 is 23.6 Å². The Bertz CT molecular complexity index is 837. The molecule has 182 valence electrons. The summed E-state index contributed by atoms with van der Waals surface area (Å²) in [7, 11) is 0. The number of allylic oxidation sites excluding steroid dienone is 1. The summed E-state index contributed by atoms with van der Waals surface area (Å²) in [6, 6.07) is 7.14. The predicted octanol–water partition coefficient (Wildman–Crippen LogP) is 6.70. The maximum atomic E-state index is 12.4. The summed E-state index contributed by atoms with van der Waals surface area (Å²) in [4.78, 5) is 25.4. The van der Waals surface area contributed by atoms with E-state index in [9.17, 15) is 4.79 Å². The summed E-state index contributed by atoms with van der Waals surface area (Å²) in [6.07, 6.45) is 9.56. The van der Waals surface area contributed by atoms with Gasteiger partial charge in [-0.1, -0.05) is 66.0 Å². The molecular weight excluding hydrogens is 414 g/mol. The third kappa shape index (κ3) is 10.9. The molecule has 7 nitrogen and oxygen atoms in total. The molecule has 0 aliphatic rings. The highest BCUT2D eigenvalue weighted by Gasteiger charge is 2.12. The van der Waals surface area contributed by atoms with E-state index in [1.807, 2.05) is 39.0 Å². The maximum absolute atomic E-state index is 12.4. The van der Waals surface area contributed by atoms with Crippen LogP contribution in [0.4, 0.5) is 17.6 Å². The molecule has 33 heavy (non-hydrogen) atoms. The van der Waals surface area contributed by atoms with Crippen LogP contribution in [-0.4, -0.2) is 34.1 Å². The molecule has 1 heterocycles. The molecule has 0 fully saturated rings. The quantitative estimate of drug-likeness (QED) is 0.256. The fourth-order valence-corrected chi connectivity index (χ4v) is 3.01. The summed E-state index contributed by atoms with van der Waals surface area (Å²) in [5.41, 5.74) is 1.32. The minimum atomic E-state index is -0.288. The summed E-state index contributed by atoms with van der Waals surface area (Å²) < 4.78 is 5.52. The summed E-state index contributed by atoms with van der Waals surface area (Å²) in [5.74, 6) is 1.73. The molecule has 2 aromatic rings. The highest BCUT2D eigenvalue weighted by atomic mass is 16.5. The zero-order chi connectivity index (χ0) is 24.5. The van der Waals surface area contributed by atoms with Crippen LogP contribution in [0.25, 0.3) is 0 Å². The van der Waals surface area contributed by atoms with Gasteiger partial charge in [-0.3, -0.25) is 0 Å². The second kappa shape index (κ2) is 16.6. The minimum Gasteiger partial charge on any atom is -0.462 e. The van der Waals surface area contributed by atoms with Gasteiger partial charge in [0.05, 0.1) is 12.2 Å². The molecule has 1 unspecified atom stereocenters. The number of rotatable bonds is 13. The molecule has 0 saturated carbocycles. The standard InChI is InChI=1S/C24H35N5O2.C2H6/c1-5-8-10-16-25-23-26-18(4)27-24(29-23)28-21-14-12-20(13-15-21)22(30)31-17-19(7-3)11-9-6-2;1-2/h8,10,12-15,19H,5-7,9,11,16-17H2,1-4H3,(H2,25,26,27,28,29);1-2H3/b10-8-;. The lowest BCUT2D eigenvalue weighted by Crippen LogP contribution is -2.14. The van der Waals surface area contributed by atoms with E-state index in [-0.39, 0.29) is 5.97 Å². The summed E-state index contributed by atoms with van der Waals surface area (Å²) >= 11 is 0. The van der Waals surface area contributed by atoms with Crippen LogP contribution in [0.5, 0.6) is 0 Å².